The second-order valence-corrected chi connectivity index (χ2v) is 10.2. The summed E-state index contributed by atoms with van der Waals surface area (Å²) in [5.41, 5.74) is 9.75. The Morgan fingerprint density at radius 3 is 2.74 bits per heavy atom. The number of methoxy groups -OCH3 is 1. The van der Waals surface area contributed by atoms with Crippen LogP contribution in [0.5, 0.6) is 0 Å². The molecule has 0 saturated heterocycles. The minimum Gasteiger partial charge on any atom is -0.469 e. The van der Waals surface area contributed by atoms with E-state index in [9.17, 15) is 9.90 Å². The van der Waals surface area contributed by atoms with Crippen LogP contribution in [0.25, 0.3) is 16.8 Å². The Balaban J connectivity index is 1.43. The fraction of sp³-hybridized carbons (Fsp3) is 0.385. The molecule has 0 aromatic carbocycles. The van der Waals surface area contributed by atoms with Gasteiger partial charge in [-0.2, -0.15) is 9.61 Å². The van der Waals surface area contributed by atoms with Gasteiger partial charge in [0.25, 0.3) is 0 Å². The van der Waals surface area contributed by atoms with Crippen molar-refractivity contribution in [2.45, 2.75) is 56.0 Å². The third kappa shape index (κ3) is 4.62. The molecule has 1 atom stereocenters. The number of rotatable bonds is 5. The first-order chi connectivity index (χ1) is 16.9. The van der Waals surface area contributed by atoms with E-state index in [2.05, 4.69) is 57.5 Å². The van der Waals surface area contributed by atoms with Crippen LogP contribution in [0.3, 0.4) is 0 Å². The van der Waals surface area contributed by atoms with Gasteiger partial charge in [0, 0.05) is 34.9 Å². The van der Waals surface area contributed by atoms with Crippen LogP contribution in [-0.4, -0.2) is 43.4 Å². The van der Waals surface area contributed by atoms with Crippen molar-refractivity contribution < 1.29 is 14.6 Å². The van der Waals surface area contributed by atoms with E-state index in [1.165, 1.54) is 7.11 Å². The molecule has 8 nitrogen and oxygen atoms in total. The zero-order valence-electron chi connectivity index (χ0n) is 19.5. The maximum absolute atomic E-state index is 11.7. The van der Waals surface area contributed by atoms with Gasteiger partial charge in [-0.15, -0.1) is 0 Å². The van der Waals surface area contributed by atoms with Crippen LogP contribution in [0.15, 0.2) is 53.3 Å². The number of aromatic nitrogens is 4. The number of pyridine rings is 1. The Bertz CT molecular complexity index is 1310. The lowest BCUT2D eigenvalue weighted by Crippen LogP contribution is -2.36. The number of esters is 1. The number of ether oxygens (including phenoxy) is 1. The smallest absolute Gasteiger partial charge is 0.308 e. The third-order valence-corrected chi connectivity index (χ3v) is 7.92. The molecule has 1 unspecified atom stereocenters. The Labute approximate surface area is 212 Å². The number of fused-ring (bicyclic) bond motifs is 1. The topological polar surface area (TPSA) is 116 Å². The van der Waals surface area contributed by atoms with Gasteiger partial charge in [0.2, 0.25) is 0 Å². The first-order valence-corrected chi connectivity index (χ1v) is 12.6. The van der Waals surface area contributed by atoms with E-state index >= 15 is 0 Å². The van der Waals surface area contributed by atoms with Gasteiger partial charge in [-0.25, -0.2) is 4.98 Å². The average Bonchev–Trinajstić information content (AvgIpc) is 3.31. The quantitative estimate of drug-likeness (QED) is 0.453. The number of aliphatic hydroxyl groups is 1. The lowest BCUT2D eigenvalue weighted by molar-refractivity contribution is -0.147. The summed E-state index contributed by atoms with van der Waals surface area (Å²) in [6.07, 6.45) is 15.4. The zero-order valence-corrected chi connectivity index (χ0v) is 21.1. The van der Waals surface area contributed by atoms with Crippen molar-refractivity contribution in [1.29, 1.82) is 0 Å². The van der Waals surface area contributed by atoms with Gasteiger partial charge in [-0.3, -0.25) is 9.78 Å². The van der Waals surface area contributed by atoms with E-state index in [0.29, 0.717) is 47.5 Å². The second kappa shape index (κ2) is 9.54. The van der Waals surface area contributed by atoms with Crippen molar-refractivity contribution in [2.24, 2.45) is 0 Å². The molecule has 0 radical (unpaired) electrons. The first kappa shape index (κ1) is 23.7. The lowest BCUT2D eigenvalue weighted by Gasteiger charge is -2.35. The first-order valence-electron chi connectivity index (χ1n) is 11.8. The van der Waals surface area contributed by atoms with Crippen LogP contribution in [0.1, 0.15) is 61.7 Å². The molecule has 5 rings (SSSR count). The molecule has 2 aliphatic rings. The highest BCUT2D eigenvalue weighted by Gasteiger charge is 2.37. The van der Waals surface area contributed by atoms with Crippen molar-refractivity contribution in [2.75, 3.05) is 12.8 Å². The van der Waals surface area contributed by atoms with Crippen LogP contribution < -0.4 is 5.73 Å². The number of carbonyl (C=O) groups excluding carboxylic acids is 1. The Hall–Kier alpha value is -3.04. The van der Waals surface area contributed by atoms with E-state index in [0.717, 1.165) is 28.9 Å². The number of hydrogen-bond donors (Lipinski definition) is 2. The van der Waals surface area contributed by atoms with Gasteiger partial charge in [0.1, 0.15) is 5.82 Å². The standard InChI is InChI=1S/C26H28BrN5O3/c1-35-21(33)13-26(34)11-9-17(10-12-26)23-22(27)24(28)32-25(31-23)19(15-30-32)18-7-8-20(29-14-18)16-5-3-2-4-6-16/h2-5,7-8,14-17,34H,6,9-13,28H2,1H3. The van der Waals surface area contributed by atoms with Gasteiger partial charge < -0.3 is 15.6 Å². The molecule has 3 aromatic heterocycles. The van der Waals surface area contributed by atoms with Crippen molar-refractivity contribution in [3.63, 3.8) is 0 Å². The minimum atomic E-state index is -1.04. The summed E-state index contributed by atoms with van der Waals surface area (Å²) in [5.74, 6) is 0.480. The monoisotopic (exact) mass is 537 g/mol. The van der Waals surface area contributed by atoms with Gasteiger partial charge in [-0.05, 0) is 54.1 Å². The Morgan fingerprint density at radius 1 is 1.29 bits per heavy atom. The molecule has 1 saturated carbocycles. The number of allylic oxidation sites excluding steroid dienone is 4. The van der Waals surface area contributed by atoms with E-state index < -0.39 is 11.6 Å². The molecule has 0 aliphatic heterocycles. The van der Waals surface area contributed by atoms with Crippen molar-refractivity contribution in [1.82, 2.24) is 19.6 Å². The van der Waals surface area contributed by atoms with Crippen molar-refractivity contribution in [3.05, 3.63) is 64.7 Å². The summed E-state index contributed by atoms with van der Waals surface area (Å²) in [6.45, 7) is 0. The molecule has 0 spiro atoms. The molecular formula is C26H28BrN5O3. The number of hydrogen-bond acceptors (Lipinski definition) is 7. The van der Waals surface area contributed by atoms with Crippen molar-refractivity contribution in [3.8, 4) is 11.1 Å². The Kier molecular flexibility index (Phi) is 6.46. The molecule has 2 aliphatic carbocycles. The highest BCUT2D eigenvalue weighted by molar-refractivity contribution is 9.10. The van der Waals surface area contributed by atoms with Crippen LogP contribution in [0.4, 0.5) is 5.82 Å². The minimum absolute atomic E-state index is 0.00862. The summed E-state index contributed by atoms with van der Waals surface area (Å²) in [5, 5.41) is 15.3. The van der Waals surface area contributed by atoms with E-state index in [4.69, 9.17) is 20.4 Å². The van der Waals surface area contributed by atoms with Crippen molar-refractivity contribution >= 4 is 33.4 Å². The molecule has 182 valence electrons. The molecule has 0 bridgehead atoms. The maximum atomic E-state index is 11.7. The van der Waals surface area contributed by atoms with Gasteiger partial charge in [0.15, 0.2) is 5.65 Å². The van der Waals surface area contributed by atoms with Crippen LogP contribution in [-0.2, 0) is 9.53 Å². The van der Waals surface area contributed by atoms with Crippen LogP contribution in [0, 0.1) is 0 Å². The summed E-state index contributed by atoms with van der Waals surface area (Å²) < 4.78 is 7.10. The third-order valence-electron chi connectivity index (χ3n) is 7.11. The predicted molar refractivity (Wildman–Crippen MR) is 137 cm³/mol. The molecule has 9 heteroatoms. The SMILES string of the molecule is COC(=O)CC1(O)CCC(c2nc3c(-c4ccc(C5C=CC=CC5)nc4)cnn3c(N)c2Br)CC1. The maximum Gasteiger partial charge on any atom is 0.308 e. The Morgan fingerprint density at radius 2 is 2.09 bits per heavy atom. The normalized spacial score (nSPS) is 24.1. The zero-order chi connectivity index (χ0) is 24.6. The molecule has 1 fully saturated rings. The summed E-state index contributed by atoms with van der Waals surface area (Å²) in [4.78, 5) is 21.4. The molecular weight excluding hydrogens is 510 g/mol. The summed E-state index contributed by atoms with van der Waals surface area (Å²) in [6, 6.07) is 4.11. The predicted octanol–water partition coefficient (Wildman–Crippen LogP) is 4.69. The van der Waals surface area contributed by atoms with E-state index in [-0.39, 0.29) is 12.3 Å². The largest absolute Gasteiger partial charge is 0.469 e. The number of nitrogens with zero attached hydrogens (tertiary/aromatic N) is 4. The lowest BCUT2D eigenvalue weighted by atomic mass is 9.76. The highest BCUT2D eigenvalue weighted by atomic mass is 79.9. The van der Waals surface area contributed by atoms with Crippen LogP contribution >= 0.6 is 15.9 Å². The number of nitrogens with two attached hydrogens (primary N) is 1. The molecule has 3 heterocycles. The molecule has 3 N–H and O–H groups in total. The molecule has 3 aromatic rings. The molecule has 35 heavy (non-hydrogen) atoms. The van der Waals surface area contributed by atoms with E-state index in [1.54, 1.807) is 10.7 Å². The van der Waals surface area contributed by atoms with E-state index in [1.807, 2.05) is 6.20 Å². The number of nitrogen functional groups attached to an aromatic ring is 1. The number of halogens is 1. The second-order valence-electron chi connectivity index (χ2n) is 9.37. The molecule has 0 amide bonds. The van der Waals surface area contributed by atoms with Crippen LogP contribution in [0.2, 0.25) is 0 Å². The number of carbonyl (C=O) groups is 1. The fourth-order valence-electron chi connectivity index (χ4n) is 5.02. The highest BCUT2D eigenvalue weighted by Crippen LogP contribution is 2.43. The fourth-order valence-corrected chi connectivity index (χ4v) is 5.60. The summed E-state index contributed by atoms with van der Waals surface area (Å²) >= 11 is 3.63. The van der Waals surface area contributed by atoms with Gasteiger partial charge in [0.05, 0.1) is 35.5 Å². The van der Waals surface area contributed by atoms with Gasteiger partial charge in [-0.1, -0.05) is 30.4 Å². The summed E-state index contributed by atoms with van der Waals surface area (Å²) in [7, 11) is 1.34. The number of anilines is 1. The van der Waals surface area contributed by atoms with Gasteiger partial charge >= 0.3 is 5.97 Å². The average molecular weight is 538 g/mol.